The van der Waals surface area contributed by atoms with Gasteiger partial charge in [-0.3, -0.25) is 9.59 Å². The van der Waals surface area contributed by atoms with Crippen LogP contribution >= 0.6 is 0 Å². The molecule has 0 bridgehead atoms. The average Bonchev–Trinajstić information content (AvgIpc) is 3.29. The number of carboxylic acids is 1. The predicted molar refractivity (Wildman–Crippen MR) is 281 cm³/mol. The Morgan fingerprint density at radius 3 is 1.21 bits per heavy atom. The number of hydrogen-bond acceptors (Lipinski definition) is 7. The molecule has 0 amide bonds. The molecule has 9 nitrogen and oxygen atoms in total. The van der Waals surface area contributed by atoms with E-state index in [1.165, 1.54) is 167 Å². The lowest BCUT2D eigenvalue weighted by atomic mass is 10.0. The molecule has 0 radical (unpaired) electrons. The van der Waals surface area contributed by atoms with Gasteiger partial charge in [-0.1, -0.05) is 204 Å². The third kappa shape index (κ3) is 50.9. The van der Waals surface area contributed by atoms with Crippen LogP contribution in [-0.2, 0) is 33.3 Å². The van der Waals surface area contributed by atoms with E-state index in [1.54, 1.807) is 0 Å². The molecule has 0 saturated heterocycles. The van der Waals surface area contributed by atoms with Gasteiger partial charge in [0.15, 0.2) is 6.10 Å². The maximum Gasteiger partial charge on any atom is 0.361 e. The average molecular weight is 945 g/mol. The van der Waals surface area contributed by atoms with Gasteiger partial charge in [-0.15, -0.1) is 0 Å². The molecule has 0 heterocycles. The molecule has 0 aliphatic rings. The van der Waals surface area contributed by atoms with Crippen molar-refractivity contribution in [3.8, 4) is 0 Å². The standard InChI is InChI=1S/C58H105NO8/c1-6-8-10-12-14-16-18-20-22-24-26-27-28-29-31-33-35-37-39-41-43-45-47-49-56(61)67-54(53-66-58(57(62)63)64-51-50-59(3,4)5)52-65-55(60)48-46-44-42-40-38-36-34-32-30-25-23-21-19-17-15-13-11-9-7-2/h15,17-18,20-21,23-24,26,54,58H,6-14,16,19,22,25,27-53H2,1-5H3/p+1/b17-15-,20-18-,23-21-,26-24-. The molecule has 0 aliphatic heterocycles. The molecule has 2 atom stereocenters. The molecule has 67 heavy (non-hydrogen) atoms. The van der Waals surface area contributed by atoms with E-state index in [0.717, 1.165) is 51.4 Å². The highest BCUT2D eigenvalue weighted by Gasteiger charge is 2.25. The molecular formula is C58H106NO8+. The smallest absolute Gasteiger partial charge is 0.361 e. The first-order valence-corrected chi connectivity index (χ1v) is 27.8. The Labute approximate surface area is 412 Å². The summed E-state index contributed by atoms with van der Waals surface area (Å²) in [7, 11) is 5.97. The predicted octanol–water partition coefficient (Wildman–Crippen LogP) is 15.9. The third-order valence-corrected chi connectivity index (χ3v) is 12.1. The molecule has 9 heteroatoms. The van der Waals surface area contributed by atoms with Crippen LogP contribution in [0.4, 0.5) is 0 Å². The van der Waals surface area contributed by atoms with Crippen molar-refractivity contribution in [2.75, 3.05) is 47.5 Å². The third-order valence-electron chi connectivity index (χ3n) is 12.1. The number of ether oxygens (including phenoxy) is 4. The molecular weight excluding hydrogens is 839 g/mol. The molecule has 0 spiro atoms. The minimum absolute atomic E-state index is 0.185. The Balaban J connectivity index is 4.28. The number of esters is 2. The van der Waals surface area contributed by atoms with Gasteiger partial charge in [0.1, 0.15) is 13.2 Å². The highest BCUT2D eigenvalue weighted by Crippen LogP contribution is 2.16. The monoisotopic (exact) mass is 945 g/mol. The van der Waals surface area contributed by atoms with E-state index in [-0.39, 0.29) is 32.2 Å². The second-order valence-corrected chi connectivity index (χ2v) is 19.9. The van der Waals surface area contributed by atoms with Crippen molar-refractivity contribution in [3.05, 3.63) is 48.6 Å². The van der Waals surface area contributed by atoms with Gasteiger partial charge < -0.3 is 28.5 Å². The first kappa shape index (κ1) is 64.2. The lowest BCUT2D eigenvalue weighted by molar-refractivity contribution is -0.870. The highest BCUT2D eigenvalue weighted by atomic mass is 16.7. The molecule has 0 saturated carbocycles. The number of rotatable bonds is 51. The van der Waals surface area contributed by atoms with Crippen LogP contribution < -0.4 is 0 Å². The highest BCUT2D eigenvalue weighted by molar-refractivity contribution is 5.71. The zero-order valence-corrected chi connectivity index (χ0v) is 44.3. The normalized spacial score (nSPS) is 13.1. The van der Waals surface area contributed by atoms with Crippen LogP contribution in [0, 0.1) is 0 Å². The van der Waals surface area contributed by atoms with Crippen molar-refractivity contribution in [1.82, 2.24) is 0 Å². The van der Waals surface area contributed by atoms with E-state index >= 15 is 0 Å². The van der Waals surface area contributed by atoms with Crippen molar-refractivity contribution < 1.29 is 42.9 Å². The summed E-state index contributed by atoms with van der Waals surface area (Å²) in [5, 5.41) is 9.69. The van der Waals surface area contributed by atoms with Crippen molar-refractivity contribution in [1.29, 1.82) is 0 Å². The van der Waals surface area contributed by atoms with Crippen LogP contribution in [-0.4, -0.2) is 87.4 Å². The number of likely N-dealkylation sites (N-methyl/N-ethyl adjacent to an activating group) is 1. The van der Waals surface area contributed by atoms with Gasteiger partial charge >= 0.3 is 17.9 Å². The zero-order chi connectivity index (χ0) is 49.2. The van der Waals surface area contributed by atoms with Gasteiger partial charge in [-0.25, -0.2) is 4.79 Å². The van der Waals surface area contributed by atoms with E-state index in [4.69, 9.17) is 18.9 Å². The van der Waals surface area contributed by atoms with Crippen LogP contribution in [0.2, 0.25) is 0 Å². The molecule has 1 N–H and O–H groups in total. The van der Waals surface area contributed by atoms with Crippen molar-refractivity contribution >= 4 is 17.9 Å². The van der Waals surface area contributed by atoms with E-state index in [2.05, 4.69) is 62.5 Å². The first-order valence-electron chi connectivity index (χ1n) is 27.8. The van der Waals surface area contributed by atoms with Gasteiger partial charge in [-0.2, -0.15) is 0 Å². The van der Waals surface area contributed by atoms with E-state index < -0.39 is 24.3 Å². The number of nitrogens with zero attached hydrogens (tertiary/aromatic N) is 1. The van der Waals surface area contributed by atoms with Gasteiger partial charge in [0, 0.05) is 12.8 Å². The van der Waals surface area contributed by atoms with Gasteiger partial charge in [-0.05, 0) is 77.0 Å². The SMILES string of the molecule is CCCCC/C=C\C/C=C\CCCCCCCCCCCC(=O)OCC(COC(OCC[N+](C)(C)C)C(=O)O)OC(=O)CCCCCCCCCCCCC/C=C\C/C=C\CCCCCCC. The maximum absolute atomic E-state index is 12.9. The van der Waals surface area contributed by atoms with Crippen molar-refractivity contribution in [2.24, 2.45) is 0 Å². The molecule has 2 unspecified atom stereocenters. The number of carboxylic acid groups (broad SMARTS) is 1. The summed E-state index contributed by atoms with van der Waals surface area (Å²) < 4.78 is 22.9. The summed E-state index contributed by atoms with van der Waals surface area (Å²) in [4.78, 5) is 37.4. The van der Waals surface area contributed by atoms with Gasteiger partial charge in [0.2, 0.25) is 0 Å². The van der Waals surface area contributed by atoms with Gasteiger partial charge in [0.05, 0.1) is 34.4 Å². The number of unbranched alkanes of at least 4 members (excludes halogenated alkanes) is 28. The Morgan fingerprint density at radius 2 is 0.806 bits per heavy atom. The van der Waals surface area contributed by atoms with Crippen LogP contribution in [0.25, 0.3) is 0 Å². The number of allylic oxidation sites excluding steroid dienone is 8. The Kier molecular flexibility index (Phi) is 47.6. The Hall–Kier alpha value is -2.75. The first-order chi connectivity index (χ1) is 32.6. The minimum atomic E-state index is -1.51. The molecule has 0 aromatic heterocycles. The Bertz CT molecular complexity index is 1240. The summed E-state index contributed by atoms with van der Waals surface area (Å²) in [5.41, 5.74) is 0. The van der Waals surface area contributed by atoms with Gasteiger partial charge in [0.25, 0.3) is 6.29 Å². The molecule has 0 aliphatic carbocycles. The summed E-state index contributed by atoms with van der Waals surface area (Å²) in [6, 6.07) is 0. The Morgan fingerprint density at radius 1 is 0.448 bits per heavy atom. The largest absolute Gasteiger partial charge is 0.477 e. The van der Waals surface area contributed by atoms with Crippen LogP contribution in [0.1, 0.15) is 245 Å². The van der Waals surface area contributed by atoms with Crippen LogP contribution in [0.3, 0.4) is 0 Å². The fourth-order valence-corrected chi connectivity index (χ4v) is 7.72. The summed E-state index contributed by atoms with van der Waals surface area (Å²) in [5.74, 6) is -2.01. The number of carbonyl (C=O) groups excluding carboxylic acids is 2. The fourth-order valence-electron chi connectivity index (χ4n) is 7.72. The summed E-state index contributed by atoms with van der Waals surface area (Å²) >= 11 is 0. The molecule has 390 valence electrons. The summed E-state index contributed by atoms with van der Waals surface area (Å²) in [6.07, 6.45) is 57.4. The number of aliphatic carboxylic acids is 1. The summed E-state index contributed by atoms with van der Waals surface area (Å²) in [6.45, 7) is 4.85. The lowest BCUT2D eigenvalue weighted by Crippen LogP contribution is -2.40. The molecule has 0 fully saturated rings. The number of hydrogen-bond donors (Lipinski definition) is 1. The van der Waals surface area contributed by atoms with Crippen molar-refractivity contribution in [3.63, 3.8) is 0 Å². The quantitative estimate of drug-likeness (QED) is 0.0211. The number of quaternary nitrogens is 1. The van der Waals surface area contributed by atoms with E-state index in [0.29, 0.717) is 17.4 Å². The van der Waals surface area contributed by atoms with Crippen LogP contribution in [0.5, 0.6) is 0 Å². The number of carbonyl (C=O) groups is 3. The van der Waals surface area contributed by atoms with Crippen molar-refractivity contribution in [2.45, 2.75) is 257 Å². The molecule has 0 aromatic rings. The second kappa shape index (κ2) is 49.7. The van der Waals surface area contributed by atoms with Crippen LogP contribution in [0.15, 0.2) is 48.6 Å². The van der Waals surface area contributed by atoms with E-state index in [9.17, 15) is 19.5 Å². The lowest BCUT2D eigenvalue weighted by Gasteiger charge is -2.25. The zero-order valence-electron chi connectivity index (χ0n) is 44.3. The minimum Gasteiger partial charge on any atom is -0.477 e. The fraction of sp³-hybridized carbons (Fsp3) is 0.810. The molecule has 0 rings (SSSR count). The molecule has 0 aromatic carbocycles. The van der Waals surface area contributed by atoms with E-state index in [1.807, 2.05) is 21.1 Å². The topological polar surface area (TPSA) is 108 Å². The second-order valence-electron chi connectivity index (χ2n) is 19.9. The maximum atomic E-state index is 12.9.